The lowest BCUT2D eigenvalue weighted by Gasteiger charge is -2.16. The summed E-state index contributed by atoms with van der Waals surface area (Å²) in [5, 5.41) is 6.88. The molecule has 1 aromatic heterocycles. The van der Waals surface area contributed by atoms with Crippen LogP contribution in [0.15, 0.2) is 53.7 Å². The first-order chi connectivity index (χ1) is 12.8. The molecule has 3 rings (SSSR count). The molecule has 138 valence electrons. The first-order valence-electron chi connectivity index (χ1n) is 9.50. The summed E-state index contributed by atoms with van der Waals surface area (Å²) in [5.74, 6) is 1.76. The molecule has 0 unspecified atom stereocenters. The van der Waals surface area contributed by atoms with Crippen LogP contribution in [-0.4, -0.2) is 23.5 Å². The largest absolute Gasteiger partial charge is 0.487 e. The molecule has 0 amide bonds. The summed E-state index contributed by atoms with van der Waals surface area (Å²) in [4.78, 5) is 8.98. The first kappa shape index (κ1) is 18.2. The molecule has 1 heterocycles. The van der Waals surface area contributed by atoms with Gasteiger partial charge in [0.05, 0.1) is 12.2 Å². The van der Waals surface area contributed by atoms with Crippen molar-refractivity contribution in [2.45, 2.75) is 51.8 Å². The highest BCUT2D eigenvalue weighted by atomic mass is 16.5. The number of rotatable bonds is 7. The maximum Gasteiger partial charge on any atom is 0.191 e. The van der Waals surface area contributed by atoms with Gasteiger partial charge in [0, 0.05) is 18.8 Å². The zero-order valence-electron chi connectivity index (χ0n) is 15.4. The summed E-state index contributed by atoms with van der Waals surface area (Å²) in [5.41, 5.74) is 2.09. The number of benzene rings is 1. The van der Waals surface area contributed by atoms with Crippen LogP contribution < -0.4 is 15.4 Å². The molecule has 1 fully saturated rings. The van der Waals surface area contributed by atoms with Gasteiger partial charge in [0.25, 0.3) is 0 Å². The summed E-state index contributed by atoms with van der Waals surface area (Å²) >= 11 is 0. The molecule has 0 atom stereocenters. The highest BCUT2D eigenvalue weighted by Gasteiger charge is 2.15. The maximum atomic E-state index is 5.78. The molecule has 2 N–H and O–H groups in total. The highest BCUT2D eigenvalue weighted by Crippen LogP contribution is 2.18. The fourth-order valence-corrected chi connectivity index (χ4v) is 3.09. The van der Waals surface area contributed by atoms with E-state index in [2.05, 4.69) is 34.7 Å². The minimum atomic E-state index is 0.480. The van der Waals surface area contributed by atoms with Crippen LogP contribution in [0.1, 0.15) is 43.9 Å². The normalized spacial score (nSPS) is 15.0. The van der Waals surface area contributed by atoms with Crippen LogP contribution in [0.2, 0.25) is 0 Å². The maximum absolute atomic E-state index is 5.78. The topological polar surface area (TPSA) is 58.5 Å². The van der Waals surface area contributed by atoms with E-state index in [1.807, 2.05) is 30.3 Å². The Hall–Kier alpha value is -2.56. The molecule has 1 aliphatic carbocycles. The van der Waals surface area contributed by atoms with E-state index in [-0.39, 0.29) is 0 Å². The summed E-state index contributed by atoms with van der Waals surface area (Å²) in [6, 6.07) is 14.5. The van der Waals surface area contributed by atoms with Gasteiger partial charge in [-0.3, -0.25) is 4.98 Å². The lowest BCUT2D eigenvalue weighted by Crippen LogP contribution is -2.42. The van der Waals surface area contributed by atoms with Crippen molar-refractivity contribution in [3.8, 4) is 5.75 Å². The quantitative estimate of drug-likeness (QED) is 0.590. The van der Waals surface area contributed by atoms with Gasteiger partial charge in [-0.15, -0.1) is 0 Å². The van der Waals surface area contributed by atoms with Gasteiger partial charge >= 0.3 is 0 Å². The SMILES string of the molecule is CCNC(=NCc1ccc(OCc2ccccn2)cc1)NC1CCCC1. The van der Waals surface area contributed by atoms with Gasteiger partial charge in [0.15, 0.2) is 5.96 Å². The van der Waals surface area contributed by atoms with Gasteiger partial charge in [-0.1, -0.05) is 31.0 Å². The third kappa shape index (κ3) is 5.76. The summed E-state index contributed by atoms with van der Waals surface area (Å²) in [6.45, 7) is 4.11. The molecule has 0 radical (unpaired) electrons. The van der Waals surface area contributed by atoms with E-state index >= 15 is 0 Å². The van der Waals surface area contributed by atoms with E-state index in [1.54, 1.807) is 6.20 Å². The van der Waals surface area contributed by atoms with E-state index in [9.17, 15) is 0 Å². The van der Waals surface area contributed by atoms with Gasteiger partial charge in [-0.05, 0) is 49.6 Å². The average molecular weight is 352 g/mol. The highest BCUT2D eigenvalue weighted by molar-refractivity contribution is 5.80. The van der Waals surface area contributed by atoms with Crippen molar-refractivity contribution >= 4 is 5.96 Å². The van der Waals surface area contributed by atoms with Gasteiger partial charge in [0.1, 0.15) is 12.4 Å². The van der Waals surface area contributed by atoms with E-state index in [4.69, 9.17) is 9.73 Å². The number of nitrogens with zero attached hydrogens (tertiary/aromatic N) is 2. The van der Waals surface area contributed by atoms with Crippen LogP contribution in [0.5, 0.6) is 5.75 Å². The van der Waals surface area contributed by atoms with Gasteiger partial charge in [-0.2, -0.15) is 0 Å². The number of hydrogen-bond acceptors (Lipinski definition) is 3. The van der Waals surface area contributed by atoms with Crippen molar-refractivity contribution < 1.29 is 4.74 Å². The zero-order valence-corrected chi connectivity index (χ0v) is 15.4. The Kier molecular flexibility index (Phi) is 6.88. The molecule has 1 aliphatic rings. The Morgan fingerprint density at radius 2 is 1.96 bits per heavy atom. The predicted molar refractivity (Wildman–Crippen MR) is 105 cm³/mol. The van der Waals surface area contributed by atoms with E-state index in [0.29, 0.717) is 19.2 Å². The van der Waals surface area contributed by atoms with Crippen molar-refractivity contribution in [2.75, 3.05) is 6.54 Å². The van der Waals surface area contributed by atoms with Crippen LogP contribution in [0.4, 0.5) is 0 Å². The predicted octanol–water partition coefficient (Wildman–Crippen LogP) is 3.66. The average Bonchev–Trinajstić information content (AvgIpc) is 3.19. The number of nitrogens with one attached hydrogen (secondary N) is 2. The Morgan fingerprint density at radius 3 is 2.65 bits per heavy atom. The number of hydrogen-bond donors (Lipinski definition) is 2. The number of ether oxygens (including phenoxy) is 1. The van der Waals surface area contributed by atoms with Crippen molar-refractivity contribution in [1.29, 1.82) is 0 Å². The third-order valence-electron chi connectivity index (χ3n) is 4.50. The molecular weight excluding hydrogens is 324 g/mol. The molecule has 0 bridgehead atoms. The number of guanidine groups is 1. The van der Waals surface area contributed by atoms with Gasteiger partial charge < -0.3 is 15.4 Å². The van der Waals surface area contributed by atoms with Crippen LogP contribution in [0, 0.1) is 0 Å². The van der Waals surface area contributed by atoms with E-state index in [0.717, 1.165) is 23.9 Å². The second-order valence-electron chi connectivity index (χ2n) is 6.57. The van der Waals surface area contributed by atoms with Crippen molar-refractivity contribution in [3.05, 3.63) is 59.9 Å². The van der Waals surface area contributed by atoms with Crippen molar-refractivity contribution in [3.63, 3.8) is 0 Å². The fraction of sp³-hybridized carbons (Fsp3) is 0.429. The second kappa shape index (κ2) is 9.80. The smallest absolute Gasteiger partial charge is 0.191 e. The molecule has 1 aromatic carbocycles. The Bertz CT molecular complexity index is 679. The van der Waals surface area contributed by atoms with Gasteiger partial charge in [-0.25, -0.2) is 4.99 Å². The molecular formula is C21H28N4O. The molecule has 26 heavy (non-hydrogen) atoms. The monoisotopic (exact) mass is 352 g/mol. The van der Waals surface area contributed by atoms with Crippen LogP contribution in [0.3, 0.4) is 0 Å². The molecule has 0 saturated heterocycles. The molecule has 5 heteroatoms. The zero-order chi connectivity index (χ0) is 18.0. The minimum Gasteiger partial charge on any atom is -0.487 e. The first-order valence-corrected chi connectivity index (χ1v) is 9.50. The van der Waals surface area contributed by atoms with Crippen LogP contribution in [-0.2, 0) is 13.2 Å². The number of aliphatic imine (C=N–C) groups is 1. The molecule has 0 spiro atoms. The molecule has 1 saturated carbocycles. The Morgan fingerprint density at radius 1 is 1.15 bits per heavy atom. The fourth-order valence-electron chi connectivity index (χ4n) is 3.09. The van der Waals surface area contributed by atoms with Crippen LogP contribution in [0.25, 0.3) is 0 Å². The number of pyridine rings is 1. The van der Waals surface area contributed by atoms with Crippen LogP contribution >= 0.6 is 0 Å². The Balaban J connectivity index is 1.51. The second-order valence-corrected chi connectivity index (χ2v) is 6.57. The van der Waals surface area contributed by atoms with E-state index < -0.39 is 0 Å². The standard InChI is InChI=1S/C21H28N4O/c1-2-22-21(25-18-7-3-4-8-18)24-15-17-10-12-20(13-11-17)26-16-19-9-5-6-14-23-19/h5-6,9-14,18H,2-4,7-8,15-16H2,1H3,(H2,22,24,25). The van der Waals surface area contributed by atoms with E-state index in [1.165, 1.54) is 31.2 Å². The lowest BCUT2D eigenvalue weighted by atomic mass is 10.2. The summed E-state index contributed by atoms with van der Waals surface area (Å²) < 4.78 is 5.78. The minimum absolute atomic E-state index is 0.480. The summed E-state index contributed by atoms with van der Waals surface area (Å²) in [6.07, 6.45) is 6.90. The molecule has 0 aliphatic heterocycles. The van der Waals surface area contributed by atoms with Gasteiger partial charge in [0.2, 0.25) is 0 Å². The Labute approximate surface area is 155 Å². The lowest BCUT2D eigenvalue weighted by molar-refractivity contribution is 0.301. The summed E-state index contributed by atoms with van der Waals surface area (Å²) in [7, 11) is 0. The van der Waals surface area contributed by atoms with Crippen molar-refractivity contribution in [1.82, 2.24) is 15.6 Å². The third-order valence-corrected chi connectivity index (χ3v) is 4.50. The molecule has 5 nitrogen and oxygen atoms in total. The van der Waals surface area contributed by atoms with Crippen molar-refractivity contribution in [2.24, 2.45) is 4.99 Å². The number of aromatic nitrogens is 1. The molecule has 2 aromatic rings.